The summed E-state index contributed by atoms with van der Waals surface area (Å²) in [5.74, 6) is 0. The number of rotatable bonds is 6. The molecule has 106 valence electrons. The second kappa shape index (κ2) is 6.53. The number of hydrogen-bond acceptors (Lipinski definition) is 2. The van der Waals surface area contributed by atoms with E-state index in [4.69, 9.17) is 5.73 Å². The Morgan fingerprint density at radius 1 is 1.16 bits per heavy atom. The zero-order valence-corrected chi connectivity index (χ0v) is 12.5. The van der Waals surface area contributed by atoms with Crippen molar-refractivity contribution in [3.63, 3.8) is 0 Å². The van der Waals surface area contributed by atoms with Crippen molar-refractivity contribution in [1.82, 2.24) is 5.32 Å². The number of fused-ring (bicyclic) bond motifs is 1. The Kier molecular flexibility index (Phi) is 5.00. The van der Waals surface area contributed by atoms with Gasteiger partial charge in [-0.15, -0.1) is 0 Å². The lowest BCUT2D eigenvalue weighted by molar-refractivity contribution is 0.339. The summed E-state index contributed by atoms with van der Waals surface area (Å²) >= 11 is 0. The molecule has 0 amide bonds. The molecule has 3 N–H and O–H groups in total. The summed E-state index contributed by atoms with van der Waals surface area (Å²) in [5, 5.41) is 3.54. The van der Waals surface area contributed by atoms with Gasteiger partial charge in [0, 0.05) is 6.54 Å². The van der Waals surface area contributed by atoms with E-state index < -0.39 is 0 Å². The molecule has 0 aliphatic heterocycles. The van der Waals surface area contributed by atoms with Gasteiger partial charge in [-0.1, -0.05) is 32.0 Å². The highest BCUT2D eigenvalue weighted by Crippen LogP contribution is 2.22. The summed E-state index contributed by atoms with van der Waals surface area (Å²) < 4.78 is 0. The summed E-state index contributed by atoms with van der Waals surface area (Å²) in [6, 6.07) is 7.01. The van der Waals surface area contributed by atoms with E-state index in [1.165, 1.54) is 31.2 Å². The SMILES string of the molecule is CC(C)(CN)CCNCc1ccc2c(c1)CCCC2. The Bertz CT molecular complexity index is 410. The average molecular weight is 260 g/mol. The molecule has 0 unspecified atom stereocenters. The number of aryl methyl sites for hydroxylation is 2. The van der Waals surface area contributed by atoms with Gasteiger partial charge < -0.3 is 11.1 Å². The molecule has 0 saturated carbocycles. The van der Waals surface area contributed by atoms with Crippen LogP contribution in [0.3, 0.4) is 0 Å². The third kappa shape index (κ3) is 4.32. The third-order valence-electron chi connectivity index (χ3n) is 4.27. The topological polar surface area (TPSA) is 38.0 Å². The van der Waals surface area contributed by atoms with Crippen LogP contribution in [-0.4, -0.2) is 13.1 Å². The maximum Gasteiger partial charge on any atom is 0.0205 e. The molecule has 2 heteroatoms. The number of hydrogen-bond donors (Lipinski definition) is 2. The van der Waals surface area contributed by atoms with Crippen LogP contribution in [0.1, 0.15) is 49.8 Å². The molecule has 0 radical (unpaired) electrons. The van der Waals surface area contributed by atoms with Gasteiger partial charge in [0.05, 0.1) is 0 Å². The predicted octanol–water partition coefficient (Wildman–Crippen LogP) is 3.03. The van der Waals surface area contributed by atoms with Crippen molar-refractivity contribution in [1.29, 1.82) is 0 Å². The molecule has 0 spiro atoms. The molecule has 1 aliphatic carbocycles. The lowest BCUT2D eigenvalue weighted by atomic mass is 9.89. The smallest absolute Gasteiger partial charge is 0.0205 e. The lowest BCUT2D eigenvalue weighted by Gasteiger charge is -2.22. The largest absolute Gasteiger partial charge is 0.330 e. The van der Waals surface area contributed by atoms with Crippen molar-refractivity contribution in [3.05, 3.63) is 34.9 Å². The van der Waals surface area contributed by atoms with Gasteiger partial charge in [0.2, 0.25) is 0 Å². The normalized spacial score (nSPS) is 15.3. The maximum atomic E-state index is 5.75. The van der Waals surface area contributed by atoms with E-state index in [1.807, 2.05) is 0 Å². The minimum absolute atomic E-state index is 0.253. The van der Waals surface area contributed by atoms with Gasteiger partial charge in [-0.25, -0.2) is 0 Å². The molecule has 19 heavy (non-hydrogen) atoms. The standard InChI is InChI=1S/C17H28N2/c1-17(2,13-18)9-10-19-12-14-7-8-15-5-3-4-6-16(15)11-14/h7-8,11,19H,3-6,9-10,12-13,18H2,1-2H3. The van der Waals surface area contributed by atoms with E-state index in [-0.39, 0.29) is 5.41 Å². The molecular weight excluding hydrogens is 232 g/mol. The average Bonchev–Trinajstić information content (AvgIpc) is 2.43. The van der Waals surface area contributed by atoms with Crippen LogP contribution in [0.25, 0.3) is 0 Å². The Balaban J connectivity index is 1.80. The van der Waals surface area contributed by atoms with E-state index in [0.29, 0.717) is 0 Å². The Labute approximate surface area is 117 Å². The minimum Gasteiger partial charge on any atom is -0.330 e. The van der Waals surface area contributed by atoms with E-state index >= 15 is 0 Å². The summed E-state index contributed by atoms with van der Waals surface area (Å²) in [6.45, 7) is 7.24. The summed E-state index contributed by atoms with van der Waals surface area (Å²) in [6.07, 6.45) is 6.39. The molecule has 0 heterocycles. The second-order valence-corrected chi connectivity index (χ2v) is 6.61. The Hall–Kier alpha value is -0.860. The second-order valence-electron chi connectivity index (χ2n) is 6.61. The molecular formula is C17H28N2. The van der Waals surface area contributed by atoms with Crippen LogP contribution in [0.4, 0.5) is 0 Å². The first-order valence-electron chi connectivity index (χ1n) is 7.62. The quantitative estimate of drug-likeness (QED) is 0.772. The zero-order valence-electron chi connectivity index (χ0n) is 12.5. The van der Waals surface area contributed by atoms with Gasteiger partial charge >= 0.3 is 0 Å². The van der Waals surface area contributed by atoms with Crippen LogP contribution in [0, 0.1) is 5.41 Å². The van der Waals surface area contributed by atoms with E-state index in [1.54, 1.807) is 11.1 Å². The maximum absolute atomic E-state index is 5.75. The van der Waals surface area contributed by atoms with Crippen LogP contribution in [0.2, 0.25) is 0 Å². The van der Waals surface area contributed by atoms with Crippen LogP contribution in [-0.2, 0) is 19.4 Å². The van der Waals surface area contributed by atoms with E-state index in [9.17, 15) is 0 Å². The molecule has 1 aromatic carbocycles. The molecule has 0 bridgehead atoms. The molecule has 0 atom stereocenters. The molecule has 2 nitrogen and oxygen atoms in total. The monoisotopic (exact) mass is 260 g/mol. The van der Waals surface area contributed by atoms with Gasteiger partial charge in [-0.2, -0.15) is 0 Å². The first-order valence-corrected chi connectivity index (χ1v) is 7.62. The predicted molar refractivity (Wildman–Crippen MR) is 82.2 cm³/mol. The lowest BCUT2D eigenvalue weighted by Crippen LogP contribution is -2.28. The molecule has 1 aliphatic rings. The van der Waals surface area contributed by atoms with Crippen LogP contribution in [0.5, 0.6) is 0 Å². The molecule has 0 aromatic heterocycles. The molecule has 2 rings (SSSR count). The highest BCUT2D eigenvalue weighted by Gasteiger charge is 2.14. The van der Waals surface area contributed by atoms with Crippen molar-refractivity contribution in [2.24, 2.45) is 11.1 Å². The Morgan fingerprint density at radius 2 is 1.89 bits per heavy atom. The molecule has 0 saturated heterocycles. The van der Waals surface area contributed by atoms with Gasteiger partial charge in [-0.05, 0) is 67.3 Å². The summed E-state index contributed by atoms with van der Waals surface area (Å²) in [4.78, 5) is 0. The van der Waals surface area contributed by atoms with Crippen molar-refractivity contribution in [2.75, 3.05) is 13.1 Å². The highest BCUT2D eigenvalue weighted by molar-refractivity contribution is 5.33. The van der Waals surface area contributed by atoms with Crippen LogP contribution >= 0.6 is 0 Å². The van der Waals surface area contributed by atoms with Crippen molar-refractivity contribution in [3.8, 4) is 0 Å². The fraction of sp³-hybridized carbons (Fsp3) is 0.647. The Morgan fingerprint density at radius 3 is 2.63 bits per heavy atom. The van der Waals surface area contributed by atoms with Crippen LogP contribution in [0.15, 0.2) is 18.2 Å². The van der Waals surface area contributed by atoms with Gasteiger partial charge in [-0.3, -0.25) is 0 Å². The van der Waals surface area contributed by atoms with Gasteiger partial charge in [0.15, 0.2) is 0 Å². The number of nitrogens with two attached hydrogens (primary N) is 1. The van der Waals surface area contributed by atoms with Gasteiger partial charge in [0.25, 0.3) is 0 Å². The summed E-state index contributed by atoms with van der Waals surface area (Å²) in [5.41, 5.74) is 10.6. The fourth-order valence-corrected chi connectivity index (χ4v) is 2.66. The first-order chi connectivity index (χ1) is 9.11. The van der Waals surface area contributed by atoms with E-state index in [2.05, 4.69) is 37.4 Å². The fourth-order valence-electron chi connectivity index (χ4n) is 2.66. The van der Waals surface area contributed by atoms with Gasteiger partial charge in [0.1, 0.15) is 0 Å². The van der Waals surface area contributed by atoms with Crippen LogP contribution < -0.4 is 11.1 Å². The molecule has 1 aromatic rings. The van der Waals surface area contributed by atoms with Crippen molar-refractivity contribution < 1.29 is 0 Å². The van der Waals surface area contributed by atoms with Crippen molar-refractivity contribution in [2.45, 2.75) is 52.5 Å². The first kappa shape index (κ1) is 14.5. The summed E-state index contributed by atoms with van der Waals surface area (Å²) in [7, 11) is 0. The number of nitrogens with one attached hydrogen (secondary N) is 1. The van der Waals surface area contributed by atoms with E-state index in [0.717, 1.165) is 26.1 Å². The third-order valence-corrected chi connectivity index (χ3v) is 4.27. The minimum atomic E-state index is 0.253. The van der Waals surface area contributed by atoms with Crippen molar-refractivity contribution >= 4 is 0 Å². The molecule has 0 fully saturated rings. The zero-order chi connectivity index (χ0) is 13.7. The highest BCUT2D eigenvalue weighted by atomic mass is 14.8. The number of benzene rings is 1.